The van der Waals surface area contributed by atoms with E-state index in [2.05, 4.69) is 25.8 Å². The quantitative estimate of drug-likeness (QED) is 0.605. The first-order chi connectivity index (χ1) is 13.1. The first-order valence-electron chi connectivity index (χ1n) is 8.39. The molecule has 0 unspecified atom stereocenters. The van der Waals surface area contributed by atoms with Crippen LogP contribution < -0.4 is 5.32 Å². The summed E-state index contributed by atoms with van der Waals surface area (Å²) in [6.45, 7) is 3.34. The molecule has 4 rings (SSSR count). The summed E-state index contributed by atoms with van der Waals surface area (Å²) in [6, 6.07) is 15.5. The van der Waals surface area contributed by atoms with Gasteiger partial charge < -0.3 is 5.32 Å². The van der Waals surface area contributed by atoms with Gasteiger partial charge in [-0.2, -0.15) is 4.68 Å². The molecule has 8 nitrogen and oxygen atoms in total. The SMILES string of the molecule is CC(=O)Nc1ccc(-c2nccn2-c2ccc(-n3nnnc3C)cc2)cc1. The monoisotopic (exact) mass is 359 g/mol. The minimum absolute atomic E-state index is 0.0952. The van der Waals surface area contributed by atoms with Crippen molar-refractivity contribution in [2.45, 2.75) is 13.8 Å². The van der Waals surface area contributed by atoms with Gasteiger partial charge in [-0.25, -0.2) is 4.98 Å². The highest BCUT2D eigenvalue weighted by Gasteiger charge is 2.09. The maximum atomic E-state index is 11.2. The summed E-state index contributed by atoms with van der Waals surface area (Å²) < 4.78 is 3.68. The number of rotatable bonds is 4. The summed E-state index contributed by atoms with van der Waals surface area (Å²) in [7, 11) is 0. The molecule has 134 valence electrons. The highest BCUT2D eigenvalue weighted by molar-refractivity contribution is 5.88. The van der Waals surface area contributed by atoms with Crippen LogP contribution in [0.1, 0.15) is 12.7 Å². The second kappa shape index (κ2) is 6.83. The van der Waals surface area contributed by atoms with E-state index in [1.54, 1.807) is 10.9 Å². The van der Waals surface area contributed by atoms with Gasteiger partial charge in [0.25, 0.3) is 0 Å². The molecule has 0 fully saturated rings. The van der Waals surface area contributed by atoms with Crippen LogP contribution in [-0.4, -0.2) is 35.7 Å². The molecule has 0 radical (unpaired) electrons. The standard InChI is InChI=1S/C19H17N7O/c1-13-22-23-24-26(13)18-9-7-17(8-10-18)25-12-11-20-19(25)15-3-5-16(6-4-15)21-14(2)27/h3-12H,1-2H3,(H,21,27). The Labute approximate surface area is 155 Å². The molecule has 0 aliphatic carbocycles. The Hall–Kier alpha value is -3.81. The number of carbonyl (C=O) groups excluding carboxylic acids is 1. The highest BCUT2D eigenvalue weighted by atomic mass is 16.1. The van der Waals surface area contributed by atoms with Crippen LogP contribution in [0, 0.1) is 6.92 Å². The van der Waals surface area contributed by atoms with Crippen molar-refractivity contribution in [1.29, 1.82) is 0 Å². The molecule has 8 heteroatoms. The summed E-state index contributed by atoms with van der Waals surface area (Å²) in [5, 5.41) is 14.3. The van der Waals surface area contributed by atoms with E-state index in [0.717, 1.165) is 34.3 Å². The van der Waals surface area contributed by atoms with E-state index in [1.165, 1.54) is 6.92 Å². The molecule has 27 heavy (non-hydrogen) atoms. The summed E-state index contributed by atoms with van der Waals surface area (Å²) in [5.74, 6) is 1.45. The zero-order valence-electron chi connectivity index (χ0n) is 14.9. The van der Waals surface area contributed by atoms with E-state index in [1.807, 2.05) is 66.2 Å². The first-order valence-corrected chi connectivity index (χ1v) is 8.39. The number of imidazole rings is 1. The molecule has 0 aliphatic heterocycles. The maximum Gasteiger partial charge on any atom is 0.221 e. The van der Waals surface area contributed by atoms with E-state index in [4.69, 9.17) is 0 Å². The van der Waals surface area contributed by atoms with Crippen molar-refractivity contribution in [3.8, 4) is 22.8 Å². The Morgan fingerprint density at radius 3 is 2.33 bits per heavy atom. The van der Waals surface area contributed by atoms with E-state index in [-0.39, 0.29) is 5.91 Å². The number of carbonyl (C=O) groups is 1. The fourth-order valence-corrected chi connectivity index (χ4v) is 2.86. The predicted molar refractivity (Wildman–Crippen MR) is 101 cm³/mol. The number of anilines is 1. The maximum absolute atomic E-state index is 11.2. The number of hydrogen-bond donors (Lipinski definition) is 1. The average molecular weight is 359 g/mol. The van der Waals surface area contributed by atoms with Gasteiger partial charge >= 0.3 is 0 Å². The van der Waals surface area contributed by atoms with Gasteiger partial charge in [-0.1, -0.05) is 0 Å². The third kappa shape index (κ3) is 3.32. The second-order valence-corrected chi connectivity index (χ2v) is 6.03. The molecule has 0 atom stereocenters. The van der Waals surface area contributed by atoms with Crippen LogP contribution >= 0.6 is 0 Å². The number of aryl methyl sites for hydroxylation is 1. The summed E-state index contributed by atoms with van der Waals surface area (Å²) in [5.41, 5.74) is 3.57. The van der Waals surface area contributed by atoms with Gasteiger partial charge in [0.05, 0.1) is 5.69 Å². The number of tetrazole rings is 1. The van der Waals surface area contributed by atoms with E-state index < -0.39 is 0 Å². The van der Waals surface area contributed by atoms with E-state index in [9.17, 15) is 4.79 Å². The van der Waals surface area contributed by atoms with Gasteiger partial charge in [0.2, 0.25) is 5.91 Å². The van der Waals surface area contributed by atoms with Crippen LogP contribution in [0.5, 0.6) is 0 Å². The summed E-state index contributed by atoms with van der Waals surface area (Å²) >= 11 is 0. The Bertz CT molecular complexity index is 1080. The smallest absolute Gasteiger partial charge is 0.221 e. The molecular weight excluding hydrogens is 342 g/mol. The molecular formula is C19H17N7O. The van der Waals surface area contributed by atoms with Gasteiger partial charge in [0.15, 0.2) is 5.82 Å². The molecule has 1 N–H and O–H groups in total. The van der Waals surface area contributed by atoms with Gasteiger partial charge in [0, 0.05) is 36.3 Å². The van der Waals surface area contributed by atoms with Crippen molar-refractivity contribution >= 4 is 11.6 Å². The van der Waals surface area contributed by atoms with Crippen LogP contribution in [0.4, 0.5) is 5.69 Å². The summed E-state index contributed by atoms with van der Waals surface area (Å²) in [6.07, 6.45) is 3.67. The Balaban J connectivity index is 1.64. The highest BCUT2D eigenvalue weighted by Crippen LogP contribution is 2.24. The van der Waals surface area contributed by atoms with Crippen molar-refractivity contribution in [2.24, 2.45) is 0 Å². The minimum Gasteiger partial charge on any atom is -0.326 e. The Morgan fingerprint density at radius 2 is 1.70 bits per heavy atom. The number of aromatic nitrogens is 6. The molecule has 2 aromatic heterocycles. The second-order valence-electron chi connectivity index (χ2n) is 6.03. The molecule has 2 heterocycles. The van der Waals surface area contributed by atoms with Crippen molar-refractivity contribution < 1.29 is 4.79 Å². The van der Waals surface area contributed by atoms with Crippen LogP contribution in [0.2, 0.25) is 0 Å². The van der Waals surface area contributed by atoms with Gasteiger partial charge in [-0.3, -0.25) is 9.36 Å². The zero-order chi connectivity index (χ0) is 18.8. The van der Waals surface area contributed by atoms with Crippen LogP contribution in [-0.2, 0) is 4.79 Å². The number of benzene rings is 2. The fraction of sp³-hybridized carbons (Fsp3) is 0.105. The molecule has 0 saturated heterocycles. The molecule has 4 aromatic rings. The van der Waals surface area contributed by atoms with Crippen LogP contribution in [0.15, 0.2) is 60.9 Å². The average Bonchev–Trinajstić information content (AvgIpc) is 3.31. The molecule has 0 aliphatic rings. The largest absolute Gasteiger partial charge is 0.326 e. The van der Waals surface area contributed by atoms with Crippen molar-refractivity contribution in [3.63, 3.8) is 0 Å². The lowest BCUT2D eigenvalue weighted by atomic mass is 10.2. The zero-order valence-corrected chi connectivity index (χ0v) is 14.9. The summed E-state index contributed by atoms with van der Waals surface area (Å²) in [4.78, 5) is 15.6. The van der Waals surface area contributed by atoms with Gasteiger partial charge in [-0.15, -0.1) is 5.10 Å². The number of nitrogens with zero attached hydrogens (tertiary/aromatic N) is 6. The number of amides is 1. The third-order valence-corrected chi connectivity index (χ3v) is 4.10. The van der Waals surface area contributed by atoms with Gasteiger partial charge in [0.1, 0.15) is 5.82 Å². The van der Waals surface area contributed by atoms with Gasteiger partial charge in [-0.05, 0) is 65.9 Å². The predicted octanol–water partition coefficient (Wildman–Crippen LogP) is 2.78. The van der Waals surface area contributed by atoms with Crippen molar-refractivity contribution in [2.75, 3.05) is 5.32 Å². The van der Waals surface area contributed by atoms with Crippen molar-refractivity contribution in [1.82, 2.24) is 29.8 Å². The lowest BCUT2D eigenvalue weighted by Crippen LogP contribution is -2.05. The first kappa shape index (κ1) is 16.6. The third-order valence-electron chi connectivity index (χ3n) is 4.10. The lowest BCUT2D eigenvalue weighted by Gasteiger charge is -2.10. The van der Waals surface area contributed by atoms with Crippen molar-refractivity contribution in [3.05, 3.63) is 66.7 Å². The van der Waals surface area contributed by atoms with Crippen LogP contribution in [0.25, 0.3) is 22.8 Å². The van der Waals surface area contributed by atoms with Crippen LogP contribution in [0.3, 0.4) is 0 Å². The molecule has 0 spiro atoms. The molecule has 2 aromatic carbocycles. The Morgan fingerprint density at radius 1 is 1.00 bits per heavy atom. The Kier molecular flexibility index (Phi) is 4.21. The topological polar surface area (TPSA) is 90.5 Å². The number of hydrogen-bond acceptors (Lipinski definition) is 5. The number of nitrogens with one attached hydrogen (secondary N) is 1. The minimum atomic E-state index is -0.0952. The molecule has 1 amide bonds. The molecule has 0 saturated carbocycles. The van der Waals surface area contributed by atoms with E-state index in [0.29, 0.717) is 0 Å². The van der Waals surface area contributed by atoms with E-state index >= 15 is 0 Å². The normalized spacial score (nSPS) is 10.7. The lowest BCUT2D eigenvalue weighted by molar-refractivity contribution is -0.114. The molecule has 0 bridgehead atoms. The fourth-order valence-electron chi connectivity index (χ4n) is 2.86.